The van der Waals surface area contributed by atoms with E-state index in [1.807, 2.05) is 25.1 Å². The highest BCUT2D eigenvalue weighted by atomic mass is 35.5. The number of fused-ring (bicyclic) bond motifs is 1. The number of aryl methyl sites for hydroxylation is 1. The Labute approximate surface area is 91.9 Å². The number of amides is 1. The molecule has 0 atom stereocenters. The minimum absolute atomic E-state index is 0.509. The largest absolute Gasteiger partial charge is 0.342 e. The first-order chi connectivity index (χ1) is 7.08. The van der Waals surface area contributed by atoms with Gasteiger partial charge >= 0.3 is 5.37 Å². The standard InChI is InChI=1S/C10H10ClN3O/c1-6-12-8-4-3-7(5-9(8)13-6)14(2)10(11)15/h3-5H,1-2H3,(H,12,13). The van der Waals surface area contributed by atoms with E-state index in [4.69, 9.17) is 11.6 Å². The van der Waals surface area contributed by atoms with Crippen LogP contribution in [0.5, 0.6) is 0 Å². The van der Waals surface area contributed by atoms with Crippen molar-refractivity contribution in [3.8, 4) is 0 Å². The lowest BCUT2D eigenvalue weighted by molar-refractivity contribution is 0.265. The minimum atomic E-state index is -0.509. The van der Waals surface area contributed by atoms with Crippen LogP contribution in [0.15, 0.2) is 18.2 Å². The summed E-state index contributed by atoms with van der Waals surface area (Å²) in [7, 11) is 1.62. The van der Waals surface area contributed by atoms with E-state index in [0.717, 1.165) is 22.5 Å². The van der Waals surface area contributed by atoms with Crippen molar-refractivity contribution in [1.29, 1.82) is 0 Å². The van der Waals surface area contributed by atoms with Gasteiger partial charge in [0.1, 0.15) is 5.82 Å². The summed E-state index contributed by atoms with van der Waals surface area (Å²) in [5.41, 5.74) is 2.52. The second kappa shape index (κ2) is 3.55. The Morgan fingerprint density at radius 3 is 2.93 bits per heavy atom. The third-order valence-corrected chi connectivity index (χ3v) is 2.49. The van der Waals surface area contributed by atoms with E-state index in [0.29, 0.717) is 0 Å². The number of rotatable bonds is 1. The Kier molecular flexibility index (Phi) is 2.36. The van der Waals surface area contributed by atoms with Crippen molar-refractivity contribution < 1.29 is 4.79 Å². The van der Waals surface area contributed by atoms with Gasteiger partial charge in [-0.25, -0.2) is 4.98 Å². The maximum Gasteiger partial charge on any atom is 0.320 e. The van der Waals surface area contributed by atoms with Crippen LogP contribution in [-0.4, -0.2) is 22.4 Å². The minimum Gasteiger partial charge on any atom is -0.342 e. The first-order valence-corrected chi connectivity index (χ1v) is 4.85. The molecule has 1 aromatic carbocycles. The Balaban J connectivity index is 2.50. The summed E-state index contributed by atoms with van der Waals surface area (Å²) in [6.07, 6.45) is 0. The van der Waals surface area contributed by atoms with Gasteiger partial charge in [-0.2, -0.15) is 0 Å². The predicted octanol–water partition coefficient (Wildman–Crippen LogP) is 2.67. The molecule has 0 spiro atoms. The summed E-state index contributed by atoms with van der Waals surface area (Å²) in [5.74, 6) is 0.849. The number of aromatic nitrogens is 2. The first kappa shape index (κ1) is 9.98. The number of benzene rings is 1. The van der Waals surface area contributed by atoms with Crippen LogP contribution in [0.4, 0.5) is 10.5 Å². The Bertz CT molecular complexity index is 520. The molecule has 0 unspecified atom stereocenters. The number of hydrogen-bond donors (Lipinski definition) is 1. The lowest BCUT2D eigenvalue weighted by atomic mass is 10.2. The zero-order valence-electron chi connectivity index (χ0n) is 8.41. The molecule has 1 amide bonds. The van der Waals surface area contributed by atoms with Gasteiger partial charge in [-0.1, -0.05) is 0 Å². The van der Waals surface area contributed by atoms with E-state index in [1.165, 1.54) is 4.90 Å². The summed E-state index contributed by atoms with van der Waals surface area (Å²) in [6.45, 7) is 1.89. The molecule has 0 radical (unpaired) electrons. The van der Waals surface area contributed by atoms with Gasteiger partial charge in [-0.3, -0.25) is 4.79 Å². The lowest BCUT2D eigenvalue weighted by Gasteiger charge is -2.12. The van der Waals surface area contributed by atoms with E-state index >= 15 is 0 Å². The number of imidazole rings is 1. The molecule has 15 heavy (non-hydrogen) atoms. The highest BCUT2D eigenvalue weighted by Crippen LogP contribution is 2.20. The van der Waals surface area contributed by atoms with Crippen molar-refractivity contribution in [2.75, 3.05) is 11.9 Å². The van der Waals surface area contributed by atoms with Crippen LogP contribution in [0.2, 0.25) is 0 Å². The molecule has 0 bridgehead atoms. The average molecular weight is 224 g/mol. The van der Waals surface area contributed by atoms with Crippen LogP contribution >= 0.6 is 11.6 Å². The van der Waals surface area contributed by atoms with Crippen LogP contribution in [0.1, 0.15) is 5.82 Å². The van der Waals surface area contributed by atoms with Crippen molar-refractivity contribution in [1.82, 2.24) is 9.97 Å². The number of hydrogen-bond acceptors (Lipinski definition) is 2. The van der Waals surface area contributed by atoms with Crippen LogP contribution < -0.4 is 4.90 Å². The number of carbonyl (C=O) groups excluding carboxylic acids is 1. The number of nitrogens with zero attached hydrogens (tertiary/aromatic N) is 2. The van der Waals surface area contributed by atoms with E-state index in [9.17, 15) is 4.79 Å². The smallest absolute Gasteiger partial charge is 0.320 e. The molecule has 1 N–H and O–H groups in total. The second-order valence-electron chi connectivity index (χ2n) is 3.34. The molecule has 0 aliphatic carbocycles. The zero-order chi connectivity index (χ0) is 11.0. The van der Waals surface area contributed by atoms with Gasteiger partial charge in [0.25, 0.3) is 0 Å². The van der Waals surface area contributed by atoms with E-state index in [1.54, 1.807) is 7.05 Å². The number of aromatic amines is 1. The fourth-order valence-corrected chi connectivity index (χ4v) is 1.53. The van der Waals surface area contributed by atoms with E-state index in [2.05, 4.69) is 9.97 Å². The number of H-pyrrole nitrogens is 1. The zero-order valence-corrected chi connectivity index (χ0v) is 9.17. The topological polar surface area (TPSA) is 49.0 Å². The highest BCUT2D eigenvalue weighted by Gasteiger charge is 2.08. The van der Waals surface area contributed by atoms with Crippen molar-refractivity contribution >= 4 is 33.7 Å². The van der Waals surface area contributed by atoms with Gasteiger partial charge < -0.3 is 9.88 Å². The molecule has 78 valence electrons. The molecule has 0 saturated carbocycles. The molecule has 0 aliphatic heterocycles. The van der Waals surface area contributed by atoms with Gasteiger partial charge in [-0.05, 0) is 36.7 Å². The monoisotopic (exact) mass is 223 g/mol. The molecule has 2 aromatic rings. The Hall–Kier alpha value is -1.55. The second-order valence-corrected chi connectivity index (χ2v) is 3.66. The lowest BCUT2D eigenvalue weighted by Crippen LogP contribution is -2.19. The Morgan fingerprint density at radius 1 is 1.53 bits per heavy atom. The molecular weight excluding hydrogens is 214 g/mol. The van der Waals surface area contributed by atoms with E-state index < -0.39 is 5.37 Å². The third kappa shape index (κ3) is 1.80. The van der Waals surface area contributed by atoms with E-state index in [-0.39, 0.29) is 0 Å². The van der Waals surface area contributed by atoms with Crippen LogP contribution in [-0.2, 0) is 0 Å². The number of anilines is 1. The quantitative estimate of drug-likeness (QED) is 0.597. The average Bonchev–Trinajstić information content (AvgIpc) is 2.55. The van der Waals surface area contributed by atoms with Gasteiger partial charge in [0.15, 0.2) is 0 Å². The molecule has 0 saturated heterocycles. The van der Waals surface area contributed by atoms with Crippen molar-refractivity contribution in [3.05, 3.63) is 24.0 Å². The number of carbonyl (C=O) groups is 1. The van der Waals surface area contributed by atoms with Crippen LogP contribution in [0, 0.1) is 6.92 Å². The van der Waals surface area contributed by atoms with Gasteiger partial charge in [-0.15, -0.1) is 0 Å². The normalized spacial score (nSPS) is 10.6. The van der Waals surface area contributed by atoms with Gasteiger partial charge in [0.05, 0.1) is 11.0 Å². The molecule has 4 nitrogen and oxygen atoms in total. The maximum atomic E-state index is 11.0. The molecule has 2 rings (SSSR count). The maximum absolute atomic E-state index is 11.0. The summed E-state index contributed by atoms with van der Waals surface area (Å²) in [4.78, 5) is 19.7. The predicted molar refractivity (Wildman–Crippen MR) is 60.5 cm³/mol. The third-order valence-electron chi connectivity index (χ3n) is 2.23. The summed E-state index contributed by atoms with van der Waals surface area (Å²) < 4.78 is 0. The van der Waals surface area contributed by atoms with Gasteiger partial charge in [0.2, 0.25) is 0 Å². The number of halogens is 1. The molecule has 1 aromatic heterocycles. The van der Waals surface area contributed by atoms with Crippen molar-refractivity contribution in [2.24, 2.45) is 0 Å². The SMILES string of the molecule is Cc1nc2ccc(N(C)C(=O)Cl)cc2[nH]1. The molecule has 5 heteroatoms. The first-order valence-electron chi connectivity index (χ1n) is 4.47. The molecular formula is C10H10ClN3O. The fourth-order valence-electron chi connectivity index (χ4n) is 1.44. The Morgan fingerprint density at radius 2 is 2.27 bits per heavy atom. The molecule has 0 aliphatic rings. The summed E-state index contributed by atoms with van der Waals surface area (Å²) in [6, 6.07) is 5.50. The highest BCUT2D eigenvalue weighted by molar-refractivity contribution is 6.66. The van der Waals surface area contributed by atoms with Gasteiger partial charge in [0, 0.05) is 12.7 Å². The van der Waals surface area contributed by atoms with Crippen molar-refractivity contribution in [3.63, 3.8) is 0 Å². The molecule has 1 heterocycles. The van der Waals surface area contributed by atoms with Crippen molar-refractivity contribution in [2.45, 2.75) is 6.92 Å². The fraction of sp³-hybridized carbons (Fsp3) is 0.200. The summed E-state index contributed by atoms with van der Waals surface area (Å²) >= 11 is 5.38. The molecule has 0 fully saturated rings. The number of nitrogens with one attached hydrogen (secondary N) is 1. The van der Waals surface area contributed by atoms with Crippen LogP contribution in [0.3, 0.4) is 0 Å². The van der Waals surface area contributed by atoms with Crippen LogP contribution in [0.25, 0.3) is 11.0 Å². The summed E-state index contributed by atoms with van der Waals surface area (Å²) in [5, 5.41) is -0.509.